The molecular formula is C22H26N4O2. The third-order valence-corrected chi connectivity index (χ3v) is 4.94. The van der Waals surface area contributed by atoms with Gasteiger partial charge in [-0.25, -0.2) is 9.97 Å². The molecule has 6 heteroatoms. The van der Waals surface area contributed by atoms with Gasteiger partial charge in [0, 0.05) is 24.2 Å². The van der Waals surface area contributed by atoms with Crippen LogP contribution in [0.5, 0.6) is 0 Å². The van der Waals surface area contributed by atoms with Gasteiger partial charge in [-0.05, 0) is 49.2 Å². The Balaban J connectivity index is 1.12. The molecule has 0 fully saturated rings. The molecule has 4 rings (SSSR count). The molecule has 28 heavy (non-hydrogen) atoms. The summed E-state index contributed by atoms with van der Waals surface area (Å²) in [5, 5.41) is 0. The molecule has 2 aromatic carbocycles. The maximum atomic E-state index is 5.78. The van der Waals surface area contributed by atoms with Gasteiger partial charge in [-0.3, -0.25) is 0 Å². The van der Waals surface area contributed by atoms with Gasteiger partial charge < -0.3 is 20.3 Å². The summed E-state index contributed by atoms with van der Waals surface area (Å²) < 4.78 is 11.5. The highest BCUT2D eigenvalue weighted by atomic mass is 16.4. The Morgan fingerprint density at radius 2 is 1.04 bits per heavy atom. The monoisotopic (exact) mass is 378 g/mol. The highest BCUT2D eigenvalue weighted by Gasteiger charge is 2.07. The van der Waals surface area contributed by atoms with E-state index in [1.165, 1.54) is 25.7 Å². The third-order valence-electron chi connectivity index (χ3n) is 4.94. The summed E-state index contributed by atoms with van der Waals surface area (Å²) in [5.41, 5.74) is 16.3. The maximum Gasteiger partial charge on any atom is 0.195 e. The lowest BCUT2D eigenvalue weighted by Gasteiger charge is -2.00. The first-order chi connectivity index (χ1) is 13.7. The smallest absolute Gasteiger partial charge is 0.195 e. The van der Waals surface area contributed by atoms with E-state index >= 15 is 0 Å². The number of rotatable bonds is 9. The van der Waals surface area contributed by atoms with Gasteiger partial charge in [0.1, 0.15) is 11.0 Å². The van der Waals surface area contributed by atoms with Crippen LogP contribution >= 0.6 is 0 Å². The van der Waals surface area contributed by atoms with Crippen LogP contribution in [-0.4, -0.2) is 9.97 Å². The van der Waals surface area contributed by atoms with Gasteiger partial charge in [-0.15, -0.1) is 0 Å². The molecule has 0 saturated heterocycles. The van der Waals surface area contributed by atoms with Crippen LogP contribution in [0.4, 0.5) is 11.4 Å². The predicted octanol–water partition coefficient (Wildman–Crippen LogP) is 5.26. The summed E-state index contributed by atoms with van der Waals surface area (Å²) in [4.78, 5) is 9.01. The number of benzene rings is 2. The molecule has 0 saturated carbocycles. The van der Waals surface area contributed by atoms with Gasteiger partial charge in [0.2, 0.25) is 0 Å². The van der Waals surface area contributed by atoms with E-state index in [2.05, 4.69) is 9.97 Å². The highest BCUT2D eigenvalue weighted by molar-refractivity contribution is 5.77. The van der Waals surface area contributed by atoms with Crippen LogP contribution < -0.4 is 11.5 Å². The van der Waals surface area contributed by atoms with Crippen molar-refractivity contribution in [3.63, 3.8) is 0 Å². The van der Waals surface area contributed by atoms with Crippen molar-refractivity contribution >= 4 is 33.6 Å². The number of hydrogen-bond acceptors (Lipinski definition) is 6. The Morgan fingerprint density at radius 1 is 0.607 bits per heavy atom. The molecular weight excluding hydrogens is 352 g/mol. The molecule has 0 unspecified atom stereocenters. The van der Waals surface area contributed by atoms with E-state index < -0.39 is 0 Å². The number of anilines is 2. The molecule has 0 amide bonds. The SMILES string of the molecule is Nc1ccc2oc(CCCCCCCCc3nc4cc(N)ccc4o3)nc2c1. The van der Waals surface area contributed by atoms with Crippen molar-refractivity contribution in [2.45, 2.75) is 51.4 Å². The number of aromatic nitrogens is 2. The molecule has 2 aromatic heterocycles. The third kappa shape index (κ3) is 4.44. The van der Waals surface area contributed by atoms with Crippen molar-refractivity contribution < 1.29 is 8.83 Å². The number of nitrogens with two attached hydrogens (primary N) is 2. The quantitative estimate of drug-likeness (QED) is 0.304. The van der Waals surface area contributed by atoms with Crippen LogP contribution in [-0.2, 0) is 12.8 Å². The number of fused-ring (bicyclic) bond motifs is 2. The van der Waals surface area contributed by atoms with E-state index in [1.807, 2.05) is 36.4 Å². The van der Waals surface area contributed by atoms with Crippen LogP contribution in [0.3, 0.4) is 0 Å². The molecule has 146 valence electrons. The zero-order valence-corrected chi connectivity index (χ0v) is 16.0. The largest absolute Gasteiger partial charge is 0.441 e. The van der Waals surface area contributed by atoms with E-state index in [-0.39, 0.29) is 0 Å². The molecule has 0 aliphatic heterocycles. The standard InChI is InChI=1S/C22H26N4O2/c23-15-9-11-19-17(13-15)25-21(27-19)7-5-3-1-2-4-6-8-22-26-18-14-16(24)10-12-20(18)28-22/h9-14H,1-8,23-24H2. The summed E-state index contributed by atoms with van der Waals surface area (Å²) in [6, 6.07) is 11.2. The van der Waals surface area contributed by atoms with E-state index in [0.29, 0.717) is 11.4 Å². The Labute approximate surface area is 163 Å². The minimum atomic E-state index is 0.717. The van der Waals surface area contributed by atoms with Crippen molar-refractivity contribution in [2.75, 3.05) is 11.5 Å². The van der Waals surface area contributed by atoms with Crippen molar-refractivity contribution in [1.82, 2.24) is 9.97 Å². The molecule has 0 spiro atoms. The second-order valence-electron chi connectivity index (χ2n) is 7.29. The van der Waals surface area contributed by atoms with E-state index in [1.54, 1.807) is 0 Å². The molecule has 0 atom stereocenters. The Kier molecular flexibility index (Phi) is 5.46. The van der Waals surface area contributed by atoms with Crippen molar-refractivity contribution in [3.8, 4) is 0 Å². The minimum absolute atomic E-state index is 0.717. The number of unbranched alkanes of at least 4 members (excludes halogenated alkanes) is 5. The number of nitrogens with zero attached hydrogens (tertiary/aromatic N) is 2. The Morgan fingerprint density at radius 3 is 1.50 bits per heavy atom. The average molecular weight is 378 g/mol. The van der Waals surface area contributed by atoms with Crippen molar-refractivity contribution in [2.24, 2.45) is 0 Å². The summed E-state index contributed by atoms with van der Waals surface area (Å²) in [7, 11) is 0. The number of aryl methyl sites for hydroxylation is 2. The number of nitrogen functional groups attached to an aromatic ring is 2. The Bertz CT molecular complexity index is 981. The first-order valence-corrected chi connectivity index (χ1v) is 9.97. The minimum Gasteiger partial charge on any atom is -0.441 e. The van der Waals surface area contributed by atoms with E-state index in [4.69, 9.17) is 20.3 Å². The zero-order chi connectivity index (χ0) is 19.3. The van der Waals surface area contributed by atoms with Crippen molar-refractivity contribution in [3.05, 3.63) is 48.2 Å². The zero-order valence-electron chi connectivity index (χ0n) is 16.0. The van der Waals surface area contributed by atoms with Crippen LogP contribution in [0.2, 0.25) is 0 Å². The lowest BCUT2D eigenvalue weighted by molar-refractivity contribution is 0.492. The van der Waals surface area contributed by atoms with Gasteiger partial charge in [-0.1, -0.05) is 25.7 Å². The molecule has 2 heterocycles. The molecule has 6 nitrogen and oxygen atoms in total. The molecule has 0 aliphatic rings. The van der Waals surface area contributed by atoms with Crippen LogP contribution in [0.25, 0.3) is 22.2 Å². The molecule has 4 aromatic rings. The first-order valence-electron chi connectivity index (χ1n) is 9.97. The fourth-order valence-corrected chi connectivity index (χ4v) is 3.46. The van der Waals surface area contributed by atoms with Crippen LogP contribution in [0.1, 0.15) is 50.3 Å². The summed E-state index contributed by atoms with van der Waals surface area (Å²) in [6.45, 7) is 0. The second-order valence-corrected chi connectivity index (χ2v) is 7.29. The normalized spacial score (nSPS) is 11.6. The highest BCUT2D eigenvalue weighted by Crippen LogP contribution is 2.21. The fourth-order valence-electron chi connectivity index (χ4n) is 3.46. The Hall–Kier alpha value is -3.02. The number of oxazole rings is 2. The van der Waals surface area contributed by atoms with Gasteiger partial charge >= 0.3 is 0 Å². The topological polar surface area (TPSA) is 104 Å². The fraction of sp³-hybridized carbons (Fsp3) is 0.364. The van der Waals surface area contributed by atoms with Crippen LogP contribution in [0.15, 0.2) is 45.2 Å². The first kappa shape index (κ1) is 18.3. The van der Waals surface area contributed by atoms with Crippen molar-refractivity contribution in [1.29, 1.82) is 0 Å². The summed E-state index contributed by atoms with van der Waals surface area (Å²) in [5.74, 6) is 1.61. The molecule has 0 bridgehead atoms. The van der Waals surface area contributed by atoms with Gasteiger partial charge in [0.15, 0.2) is 22.9 Å². The van der Waals surface area contributed by atoms with E-state index in [0.717, 1.165) is 59.7 Å². The predicted molar refractivity (Wildman–Crippen MR) is 112 cm³/mol. The molecule has 0 aliphatic carbocycles. The molecule has 4 N–H and O–H groups in total. The molecule has 0 radical (unpaired) electrons. The summed E-state index contributed by atoms with van der Waals surface area (Å²) >= 11 is 0. The summed E-state index contributed by atoms with van der Waals surface area (Å²) in [6.07, 6.45) is 8.74. The lowest BCUT2D eigenvalue weighted by Crippen LogP contribution is -1.88. The maximum absolute atomic E-state index is 5.78. The van der Waals surface area contributed by atoms with Gasteiger partial charge in [0.25, 0.3) is 0 Å². The second kappa shape index (κ2) is 8.33. The van der Waals surface area contributed by atoms with Gasteiger partial charge in [0.05, 0.1) is 0 Å². The van der Waals surface area contributed by atoms with Gasteiger partial charge in [-0.2, -0.15) is 0 Å². The average Bonchev–Trinajstić information content (AvgIpc) is 3.26. The number of hydrogen-bond donors (Lipinski definition) is 2. The van der Waals surface area contributed by atoms with Crippen LogP contribution in [0, 0.1) is 0 Å². The lowest BCUT2D eigenvalue weighted by atomic mass is 10.1. The van der Waals surface area contributed by atoms with E-state index in [9.17, 15) is 0 Å².